The number of hydrogen-bond donors (Lipinski definition) is 3. The number of nitrogens with one attached hydrogen (secondary N) is 2. The third-order valence-corrected chi connectivity index (χ3v) is 7.16. The van der Waals surface area contributed by atoms with E-state index < -0.39 is 12.1 Å². The predicted molar refractivity (Wildman–Crippen MR) is 144 cm³/mol. The van der Waals surface area contributed by atoms with E-state index in [1.54, 1.807) is 4.90 Å². The van der Waals surface area contributed by atoms with E-state index in [9.17, 15) is 9.59 Å². The molecule has 0 saturated carbocycles. The summed E-state index contributed by atoms with van der Waals surface area (Å²) in [5.74, 6) is -0.529. The zero-order valence-corrected chi connectivity index (χ0v) is 21.6. The van der Waals surface area contributed by atoms with Crippen molar-refractivity contribution in [2.75, 3.05) is 6.54 Å². The number of fused-ring (bicyclic) bond motifs is 1. The van der Waals surface area contributed by atoms with Crippen LogP contribution in [-0.2, 0) is 22.4 Å². The number of H-pyrrole nitrogens is 1. The van der Waals surface area contributed by atoms with Crippen LogP contribution in [0.4, 0.5) is 0 Å². The van der Waals surface area contributed by atoms with Gasteiger partial charge in [-0.3, -0.25) is 14.7 Å². The van der Waals surface area contributed by atoms with E-state index in [1.165, 1.54) is 0 Å². The van der Waals surface area contributed by atoms with Gasteiger partial charge in [0.05, 0.1) is 12.2 Å². The van der Waals surface area contributed by atoms with Crippen LogP contribution in [0.5, 0.6) is 0 Å². The number of nitrogens with zero attached hydrogens (tertiary/aromatic N) is 2. The number of aromatic nitrogens is 2. The number of amides is 2. The van der Waals surface area contributed by atoms with Gasteiger partial charge in [0.25, 0.3) is 0 Å². The highest BCUT2D eigenvalue weighted by Crippen LogP contribution is 2.30. The third-order valence-electron chi connectivity index (χ3n) is 7.16. The van der Waals surface area contributed by atoms with Crippen LogP contribution in [0.2, 0.25) is 0 Å². The topological polar surface area (TPSA) is 104 Å². The van der Waals surface area contributed by atoms with E-state index in [2.05, 4.69) is 15.5 Å². The van der Waals surface area contributed by atoms with Gasteiger partial charge < -0.3 is 16.0 Å². The molecule has 3 aromatic rings. The molecule has 2 heterocycles. The number of likely N-dealkylation sites (tertiary alicyclic amines) is 1. The van der Waals surface area contributed by atoms with E-state index in [-0.39, 0.29) is 48.6 Å². The van der Waals surface area contributed by atoms with Crippen molar-refractivity contribution >= 4 is 36.6 Å². The van der Waals surface area contributed by atoms with E-state index in [0.29, 0.717) is 13.0 Å². The van der Waals surface area contributed by atoms with E-state index >= 15 is 0 Å². The van der Waals surface area contributed by atoms with Gasteiger partial charge in [-0.2, -0.15) is 5.10 Å². The van der Waals surface area contributed by atoms with Crippen molar-refractivity contribution in [1.82, 2.24) is 20.4 Å². The number of aromatic amines is 1. The fourth-order valence-corrected chi connectivity index (χ4v) is 5.40. The minimum Gasteiger partial charge on any atom is -0.351 e. The van der Waals surface area contributed by atoms with Crippen molar-refractivity contribution in [2.24, 2.45) is 5.73 Å². The number of hydrogen-bond acceptors (Lipinski definition) is 4. The number of rotatable bonds is 6. The Morgan fingerprint density at radius 2 is 1.64 bits per heavy atom. The number of benzene rings is 2. The molecule has 5 rings (SSSR count). The minimum atomic E-state index is -0.777. The Kier molecular flexibility index (Phi) is 9.54. The van der Waals surface area contributed by atoms with Gasteiger partial charge >= 0.3 is 0 Å². The molecule has 1 saturated heterocycles. The number of aryl methyl sites for hydroxylation is 1. The summed E-state index contributed by atoms with van der Waals surface area (Å²) in [6.45, 7) is 0.553. The molecule has 192 valence electrons. The largest absolute Gasteiger partial charge is 0.351 e. The van der Waals surface area contributed by atoms with Gasteiger partial charge in [0.15, 0.2) is 0 Å². The number of carbonyl (C=O) groups excluding carboxylic acids is 2. The molecule has 2 amide bonds. The highest BCUT2D eigenvalue weighted by atomic mass is 35.5. The first-order valence-electron chi connectivity index (χ1n) is 12.1. The summed E-state index contributed by atoms with van der Waals surface area (Å²) in [6.07, 6.45) is 5.80. The fraction of sp³-hybridized carbons (Fsp3) is 0.370. The molecule has 1 aliphatic carbocycles. The summed E-state index contributed by atoms with van der Waals surface area (Å²) in [5.41, 5.74) is 11.0. The number of carbonyl (C=O) groups is 2. The molecule has 3 atom stereocenters. The molecule has 1 aromatic heterocycles. The van der Waals surface area contributed by atoms with Gasteiger partial charge in [-0.15, -0.1) is 24.8 Å². The molecule has 2 aliphatic rings. The van der Waals surface area contributed by atoms with Gasteiger partial charge in [0.1, 0.15) is 6.04 Å². The van der Waals surface area contributed by atoms with Crippen molar-refractivity contribution in [3.8, 4) is 0 Å². The van der Waals surface area contributed by atoms with Crippen molar-refractivity contribution < 1.29 is 9.59 Å². The quantitative estimate of drug-likeness (QED) is 0.455. The van der Waals surface area contributed by atoms with Gasteiger partial charge in [0, 0.05) is 24.2 Å². The molecule has 36 heavy (non-hydrogen) atoms. The van der Waals surface area contributed by atoms with Crippen LogP contribution < -0.4 is 11.1 Å². The molecule has 0 spiro atoms. The molecule has 1 aliphatic heterocycles. The second kappa shape index (κ2) is 12.4. The van der Waals surface area contributed by atoms with Crippen LogP contribution in [0, 0.1) is 0 Å². The molecule has 2 aromatic carbocycles. The lowest BCUT2D eigenvalue weighted by Gasteiger charge is -2.32. The Hall–Kier alpha value is -2.87. The van der Waals surface area contributed by atoms with Crippen LogP contribution in [0.15, 0.2) is 66.9 Å². The molecule has 1 unspecified atom stereocenters. The summed E-state index contributed by atoms with van der Waals surface area (Å²) < 4.78 is 0. The Labute approximate surface area is 224 Å². The van der Waals surface area contributed by atoms with Crippen LogP contribution in [-0.4, -0.2) is 51.6 Å². The van der Waals surface area contributed by atoms with Gasteiger partial charge in [0.2, 0.25) is 11.8 Å². The van der Waals surface area contributed by atoms with E-state index in [0.717, 1.165) is 48.1 Å². The lowest BCUT2D eigenvalue weighted by atomic mass is 9.84. The molecule has 9 heteroatoms. The van der Waals surface area contributed by atoms with E-state index in [1.807, 2.05) is 66.9 Å². The summed E-state index contributed by atoms with van der Waals surface area (Å²) in [5, 5.41) is 10.3. The maximum atomic E-state index is 13.7. The monoisotopic (exact) mass is 529 g/mol. The predicted octanol–water partition coefficient (Wildman–Crippen LogP) is 3.38. The van der Waals surface area contributed by atoms with Crippen LogP contribution in [0.3, 0.4) is 0 Å². The summed E-state index contributed by atoms with van der Waals surface area (Å²) in [4.78, 5) is 28.6. The molecular formula is C27H33Cl2N5O2. The summed E-state index contributed by atoms with van der Waals surface area (Å²) >= 11 is 0. The molecular weight excluding hydrogens is 497 g/mol. The lowest BCUT2D eigenvalue weighted by Crippen LogP contribution is -2.54. The van der Waals surface area contributed by atoms with Crippen molar-refractivity contribution in [1.29, 1.82) is 0 Å². The summed E-state index contributed by atoms with van der Waals surface area (Å²) in [7, 11) is 0. The maximum absolute atomic E-state index is 13.7. The molecule has 0 radical (unpaired) electrons. The molecule has 0 bridgehead atoms. The van der Waals surface area contributed by atoms with Crippen molar-refractivity contribution in [3.05, 3.63) is 89.2 Å². The van der Waals surface area contributed by atoms with Crippen molar-refractivity contribution in [3.63, 3.8) is 0 Å². The SMILES string of the molecule is Cl.Cl.N[C@H](C(=O)N1CCC[C@H]1C(=O)NC1CCc2[nH]ncc2C1)C(c1ccccc1)c1ccccc1. The first-order chi connectivity index (χ1) is 16.6. The first-order valence-corrected chi connectivity index (χ1v) is 12.1. The molecule has 4 N–H and O–H groups in total. The first kappa shape index (κ1) is 27.7. The number of halogens is 2. The van der Waals surface area contributed by atoms with Gasteiger partial charge in [-0.25, -0.2) is 0 Å². The molecule has 1 fully saturated rings. The second-order valence-corrected chi connectivity index (χ2v) is 9.34. The zero-order valence-electron chi connectivity index (χ0n) is 20.0. The van der Waals surface area contributed by atoms with Crippen LogP contribution in [0.25, 0.3) is 0 Å². The smallest absolute Gasteiger partial charge is 0.243 e. The average molecular weight is 531 g/mol. The van der Waals surface area contributed by atoms with Crippen LogP contribution >= 0.6 is 24.8 Å². The standard InChI is InChI=1S/C27H31N5O2.2ClH/c28-25(24(18-8-3-1-4-9-18)19-10-5-2-6-11-19)27(34)32-15-7-12-23(32)26(33)30-21-13-14-22-20(16-21)17-29-31-22;;/h1-6,8-11,17,21,23-25H,7,12-16,28H2,(H,29,31)(H,30,33);2*1H/t21?,23-,25-;;/m0../s1. The lowest BCUT2D eigenvalue weighted by molar-refractivity contribution is -0.140. The van der Waals surface area contributed by atoms with Gasteiger partial charge in [-0.05, 0) is 48.8 Å². The molecule has 7 nitrogen and oxygen atoms in total. The Bertz CT molecular complexity index is 1100. The van der Waals surface area contributed by atoms with Crippen molar-refractivity contribution in [2.45, 2.75) is 56.1 Å². The van der Waals surface area contributed by atoms with E-state index in [4.69, 9.17) is 5.73 Å². The summed E-state index contributed by atoms with van der Waals surface area (Å²) in [6, 6.07) is 18.6. The highest BCUT2D eigenvalue weighted by molar-refractivity contribution is 5.91. The van der Waals surface area contributed by atoms with Crippen LogP contribution in [0.1, 0.15) is 47.6 Å². The Morgan fingerprint density at radius 1 is 1.00 bits per heavy atom. The Balaban J connectivity index is 0.00000180. The van der Waals surface area contributed by atoms with Gasteiger partial charge in [-0.1, -0.05) is 60.7 Å². The fourth-order valence-electron chi connectivity index (χ4n) is 5.40. The second-order valence-electron chi connectivity index (χ2n) is 9.34. The highest BCUT2D eigenvalue weighted by Gasteiger charge is 2.39. The third kappa shape index (κ3) is 5.75. The normalized spacial score (nSPS) is 19.6. The minimum absolute atomic E-state index is 0. The maximum Gasteiger partial charge on any atom is 0.243 e. The zero-order chi connectivity index (χ0) is 23.5. The average Bonchev–Trinajstić information content (AvgIpc) is 3.54. The number of nitrogens with two attached hydrogens (primary N) is 1. The Morgan fingerprint density at radius 3 is 2.28 bits per heavy atom.